The molecule has 0 radical (unpaired) electrons. The van der Waals surface area contributed by atoms with E-state index >= 15 is 0 Å². The van der Waals surface area contributed by atoms with Gasteiger partial charge in [0.1, 0.15) is 4.99 Å². The number of nitrogens with one attached hydrogen (secondary N) is 2. The summed E-state index contributed by atoms with van der Waals surface area (Å²) in [5.74, 6) is 0. The molecule has 1 aromatic carbocycles. The van der Waals surface area contributed by atoms with Crippen molar-refractivity contribution >= 4 is 57.5 Å². The van der Waals surface area contributed by atoms with Crippen LogP contribution in [0.25, 0.3) is 0 Å². The molecule has 1 aromatic rings. The molecule has 0 unspecified atom stereocenters. The number of anilines is 1. The number of nitrogens with two attached hydrogens (primary N) is 1. The van der Waals surface area contributed by atoms with Crippen LogP contribution >= 0.6 is 36.0 Å². The Morgan fingerprint density at radius 1 is 1.29 bits per heavy atom. The van der Waals surface area contributed by atoms with E-state index in [4.69, 9.17) is 29.6 Å². The highest BCUT2D eigenvalue weighted by atomic mass is 35.5. The van der Waals surface area contributed by atoms with Crippen LogP contribution in [-0.2, 0) is 0 Å². The Kier molecular flexibility index (Phi) is 5.27. The van der Waals surface area contributed by atoms with E-state index in [-0.39, 0.29) is 5.11 Å². The first kappa shape index (κ1) is 13.8. The number of rotatable bonds is 3. The maximum absolute atomic E-state index is 5.77. The Labute approximate surface area is 115 Å². The van der Waals surface area contributed by atoms with Crippen molar-refractivity contribution in [3.05, 3.63) is 29.3 Å². The Hall–Kier alpha value is -1.24. The second-order valence-electron chi connectivity index (χ2n) is 3.13. The van der Waals surface area contributed by atoms with Crippen molar-refractivity contribution in [3.63, 3.8) is 0 Å². The van der Waals surface area contributed by atoms with Gasteiger partial charge < -0.3 is 11.1 Å². The molecule has 0 atom stereocenters. The molecule has 4 nitrogen and oxygen atoms in total. The maximum Gasteiger partial charge on any atom is 0.184 e. The van der Waals surface area contributed by atoms with E-state index in [1.807, 2.05) is 12.1 Å². The molecular weight excluding hydrogens is 276 g/mol. The van der Waals surface area contributed by atoms with Crippen molar-refractivity contribution in [3.8, 4) is 0 Å². The smallest absolute Gasteiger partial charge is 0.184 e. The highest BCUT2D eigenvalue weighted by Gasteiger charge is 2.02. The van der Waals surface area contributed by atoms with E-state index in [2.05, 4.69) is 28.1 Å². The predicted octanol–water partition coefficient (Wildman–Crippen LogP) is 2.29. The van der Waals surface area contributed by atoms with E-state index in [1.165, 1.54) is 0 Å². The van der Waals surface area contributed by atoms with Crippen LogP contribution in [0.3, 0.4) is 0 Å². The van der Waals surface area contributed by atoms with Crippen molar-refractivity contribution in [1.82, 2.24) is 5.43 Å². The van der Waals surface area contributed by atoms with Crippen LogP contribution in [0.4, 0.5) is 5.69 Å². The summed E-state index contributed by atoms with van der Waals surface area (Å²) in [6.07, 6.45) is 0. The molecule has 0 saturated carbocycles. The van der Waals surface area contributed by atoms with Gasteiger partial charge >= 0.3 is 0 Å². The Balaban J connectivity index is 2.63. The minimum absolute atomic E-state index is 0.0960. The lowest BCUT2D eigenvalue weighted by Crippen LogP contribution is -2.28. The summed E-state index contributed by atoms with van der Waals surface area (Å²) >= 11 is 15.5. The van der Waals surface area contributed by atoms with Gasteiger partial charge in [-0.1, -0.05) is 23.8 Å². The summed E-state index contributed by atoms with van der Waals surface area (Å²) in [4.78, 5) is 0.482. The van der Waals surface area contributed by atoms with Gasteiger partial charge in [-0.2, -0.15) is 5.10 Å². The maximum atomic E-state index is 5.77. The van der Waals surface area contributed by atoms with Crippen LogP contribution in [0.1, 0.15) is 6.92 Å². The summed E-state index contributed by atoms with van der Waals surface area (Å²) < 4.78 is 0. The molecular formula is C10H11ClN4S2. The van der Waals surface area contributed by atoms with Crippen LogP contribution in [0.15, 0.2) is 29.4 Å². The van der Waals surface area contributed by atoms with Crippen LogP contribution in [0.5, 0.6) is 0 Å². The Bertz CT molecular complexity index is 456. The fourth-order valence-corrected chi connectivity index (χ4v) is 1.28. The molecule has 4 N–H and O–H groups in total. The zero-order valence-electron chi connectivity index (χ0n) is 9.03. The van der Waals surface area contributed by atoms with Crippen molar-refractivity contribution in [2.45, 2.75) is 6.92 Å². The van der Waals surface area contributed by atoms with Crippen LogP contribution in [-0.4, -0.2) is 15.8 Å². The third kappa shape index (κ3) is 5.08. The van der Waals surface area contributed by atoms with Gasteiger partial charge in [0, 0.05) is 10.7 Å². The molecule has 0 spiro atoms. The molecule has 0 amide bonds. The number of hydrogen-bond acceptors (Lipinski definition) is 3. The highest BCUT2D eigenvalue weighted by Crippen LogP contribution is 2.13. The third-order valence-electron chi connectivity index (χ3n) is 1.76. The first-order valence-electron chi connectivity index (χ1n) is 4.65. The van der Waals surface area contributed by atoms with E-state index in [1.54, 1.807) is 19.1 Å². The third-order valence-corrected chi connectivity index (χ3v) is 2.51. The zero-order chi connectivity index (χ0) is 12.8. The molecule has 17 heavy (non-hydrogen) atoms. The van der Waals surface area contributed by atoms with Crippen molar-refractivity contribution in [2.24, 2.45) is 10.8 Å². The molecule has 1 rings (SSSR count). The minimum atomic E-state index is 0.0960. The summed E-state index contributed by atoms with van der Waals surface area (Å²) in [5.41, 5.74) is 9.14. The standard InChI is InChI=1S/C10H11ClN4S2/c1-6(14-15-10(12)17)9(16)13-8-4-2-7(11)3-5-8/h2-5H,1H3,(H,13,16)(H3,12,15,17)/b14-6-. The number of hydrogen-bond donors (Lipinski definition) is 3. The molecule has 0 heterocycles. The van der Waals surface area contributed by atoms with E-state index < -0.39 is 0 Å². The largest absolute Gasteiger partial charge is 0.375 e. The highest BCUT2D eigenvalue weighted by molar-refractivity contribution is 7.82. The van der Waals surface area contributed by atoms with Gasteiger partial charge in [0.15, 0.2) is 5.11 Å². The molecule has 0 aliphatic carbocycles. The summed E-state index contributed by atoms with van der Waals surface area (Å²) in [5, 5.41) is 7.68. The number of thiocarbonyl (C=S) groups is 2. The lowest BCUT2D eigenvalue weighted by molar-refractivity contribution is 1.03. The molecule has 90 valence electrons. The van der Waals surface area contributed by atoms with Gasteiger partial charge in [-0.3, -0.25) is 5.43 Å². The number of hydrazone groups is 1. The Morgan fingerprint density at radius 3 is 2.41 bits per heavy atom. The van der Waals surface area contributed by atoms with Crippen molar-refractivity contribution in [2.75, 3.05) is 5.32 Å². The SMILES string of the molecule is C/C(=N/NC(N)=S)C(=S)Nc1ccc(Cl)cc1. The number of nitrogens with zero attached hydrogens (tertiary/aromatic N) is 1. The van der Waals surface area contributed by atoms with Gasteiger partial charge in [0.2, 0.25) is 0 Å². The van der Waals surface area contributed by atoms with Crippen molar-refractivity contribution in [1.29, 1.82) is 0 Å². The van der Waals surface area contributed by atoms with Crippen molar-refractivity contribution < 1.29 is 0 Å². The average Bonchev–Trinajstić information content (AvgIpc) is 2.28. The molecule has 0 aliphatic heterocycles. The van der Waals surface area contributed by atoms with Crippen LogP contribution < -0.4 is 16.5 Å². The quantitative estimate of drug-likeness (QED) is 0.452. The minimum Gasteiger partial charge on any atom is -0.375 e. The average molecular weight is 287 g/mol. The van der Waals surface area contributed by atoms with E-state index in [0.717, 1.165) is 5.69 Å². The summed E-state index contributed by atoms with van der Waals surface area (Å²) in [7, 11) is 0. The van der Waals surface area contributed by atoms with Gasteiger partial charge in [-0.05, 0) is 43.4 Å². The van der Waals surface area contributed by atoms with Gasteiger partial charge in [-0.25, -0.2) is 0 Å². The monoisotopic (exact) mass is 286 g/mol. The van der Waals surface area contributed by atoms with Gasteiger partial charge in [0.25, 0.3) is 0 Å². The van der Waals surface area contributed by atoms with Crippen LogP contribution in [0.2, 0.25) is 5.02 Å². The summed E-state index contributed by atoms with van der Waals surface area (Å²) in [6.45, 7) is 1.75. The second kappa shape index (κ2) is 6.48. The molecule has 7 heteroatoms. The first-order chi connectivity index (χ1) is 7.99. The molecule has 0 bridgehead atoms. The van der Waals surface area contributed by atoms with E-state index in [0.29, 0.717) is 15.7 Å². The Morgan fingerprint density at radius 2 is 1.88 bits per heavy atom. The van der Waals surface area contributed by atoms with Gasteiger partial charge in [-0.15, -0.1) is 0 Å². The fourth-order valence-electron chi connectivity index (χ4n) is 0.944. The number of halogens is 1. The fraction of sp³-hybridized carbons (Fsp3) is 0.100. The lowest BCUT2D eigenvalue weighted by Gasteiger charge is -2.07. The zero-order valence-corrected chi connectivity index (χ0v) is 11.4. The summed E-state index contributed by atoms with van der Waals surface area (Å²) in [6, 6.07) is 7.18. The molecule has 0 aliphatic rings. The van der Waals surface area contributed by atoms with Crippen LogP contribution in [0, 0.1) is 0 Å². The first-order valence-corrected chi connectivity index (χ1v) is 5.85. The topological polar surface area (TPSA) is 62.4 Å². The normalized spacial score (nSPS) is 10.8. The lowest BCUT2D eigenvalue weighted by atomic mass is 10.3. The van der Waals surface area contributed by atoms with Gasteiger partial charge in [0.05, 0.1) is 5.71 Å². The molecule has 0 saturated heterocycles. The number of benzene rings is 1. The molecule has 0 fully saturated rings. The second-order valence-corrected chi connectivity index (χ2v) is 4.42. The van der Waals surface area contributed by atoms with E-state index in [9.17, 15) is 0 Å². The molecule has 0 aromatic heterocycles. The predicted molar refractivity (Wildman–Crippen MR) is 80.7 cm³/mol.